The van der Waals surface area contributed by atoms with Crippen molar-refractivity contribution in [2.24, 2.45) is 0 Å². The van der Waals surface area contributed by atoms with E-state index in [0.29, 0.717) is 0 Å². The lowest BCUT2D eigenvalue weighted by molar-refractivity contribution is 1.06. The summed E-state index contributed by atoms with van der Waals surface area (Å²) in [5, 5.41) is 1.04. The molecule has 0 saturated heterocycles. The van der Waals surface area contributed by atoms with Crippen LogP contribution in [0.1, 0.15) is 17.7 Å². The first-order chi connectivity index (χ1) is 12.8. The molecule has 0 aliphatic carbocycles. The van der Waals surface area contributed by atoms with E-state index in [1.165, 1.54) is 21.8 Å². The molecule has 0 bridgehead atoms. The van der Waals surface area contributed by atoms with Crippen LogP contribution in [-0.4, -0.2) is 26.5 Å². The minimum atomic E-state index is 0.856. The van der Waals surface area contributed by atoms with Crippen molar-refractivity contribution < 1.29 is 0 Å². The molecule has 0 spiro atoms. The Labute approximate surface area is 167 Å². The van der Waals surface area contributed by atoms with Crippen LogP contribution in [0.25, 0.3) is 0 Å². The van der Waals surface area contributed by atoms with Crippen LogP contribution in [0.5, 0.6) is 0 Å². The summed E-state index contributed by atoms with van der Waals surface area (Å²) < 4.78 is 0. The van der Waals surface area contributed by atoms with Crippen molar-refractivity contribution in [3.8, 4) is 0 Å². The molecule has 0 aromatic carbocycles. The second-order valence-electron chi connectivity index (χ2n) is 5.57. The van der Waals surface area contributed by atoms with Gasteiger partial charge in [0.05, 0.1) is 10.7 Å². The highest BCUT2D eigenvalue weighted by Crippen LogP contribution is 2.28. The average Bonchev–Trinajstić information content (AvgIpc) is 2.69. The van der Waals surface area contributed by atoms with Crippen LogP contribution in [0.2, 0.25) is 0 Å². The van der Waals surface area contributed by atoms with Gasteiger partial charge in [-0.05, 0) is 60.7 Å². The molecular formula is C20H21N3S3. The van der Waals surface area contributed by atoms with E-state index in [-0.39, 0.29) is 0 Å². The van der Waals surface area contributed by atoms with E-state index in [2.05, 4.69) is 40.1 Å². The zero-order valence-electron chi connectivity index (χ0n) is 14.7. The lowest BCUT2D eigenvalue weighted by Gasteiger charge is -2.10. The molecule has 0 radical (unpaired) electrons. The number of nitrogens with zero attached hydrogens (tertiary/aromatic N) is 3. The van der Waals surface area contributed by atoms with Crippen LogP contribution in [0.15, 0.2) is 76.0 Å². The molecular weight excluding hydrogens is 378 g/mol. The van der Waals surface area contributed by atoms with E-state index in [1.807, 2.05) is 66.5 Å². The summed E-state index contributed by atoms with van der Waals surface area (Å²) in [6, 6.07) is 12.3. The zero-order valence-corrected chi connectivity index (χ0v) is 17.1. The third kappa shape index (κ3) is 6.04. The van der Waals surface area contributed by atoms with Crippen LogP contribution in [0.3, 0.4) is 0 Å². The molecule has 3 aromatic heterocycles. The van der Waals surface area contributed by atoms with Crippen LogP contribution >= 0.6 is 35.3 Å². The molecule has 0 unspecified atom stereocenters. The molecule has 0 atom stereocenters. The van der Waals surface area contributed by atoms with Gasteiger partial charge in [-0.2, -0.15) is 0 Å². The maximum absolute atomic E-state index is 4.57. The number of thioether (sulfide) groups is 3. The second kappa shape index (κ2) is 10.6. The molecule has 26 heavy (non-hydrogen) atoms. The first kappa shape index (κ1) is 19.3. The largest absolute Gasteiger partial charge is 0.265 e. The van der Waals surface area contributed by atoms with Crippen molar-refractivity contribution in [1.82, 2.24) is 15.0 Å². The van der Waals surface area contributed by atoms with Crippen LogP contribution in [0, 0.1) is 6.92 Å². The van der Waals surface area contributed by atoms with Crippen LogP contribution in [0.4, 0.5) is 0 Å². The molecule has 0 aliphatic rings. The summed E-state index contributed by atoms with van der Waals surface area (Å²) in [6.45, 7) is 2.18. The van der Waals surface area contributed by atoms with Gasteiger partial charge in [0.1, 0.15) is 0 Å². The highest BCUT2D eigenvalue weighted by Gasteiger charge is 2.07. The van der Waals surface area contributed by atoms with Crippen molar-refractivity contribution >= 4 is 35.3 Å². The Balaban J connectivity index is 1.46. The molecule has 134 valence electrons. The number of hydrogen-bond acceptors (Lipinski definition) is 6. The third-order valence-corrected chi connectivity index (χ3v) is 7.02. The summed E-state index contributed by atoms with van der Waals surface area (Å²) in [6.07, 6.45) is 8.63. The lowest BCUT2D eigenvalue weighted by Crippen LogP contribution is -1.95. The second-order valence-corrected chi connectivity index (χ2v) is 8.87. The predicted octanol–water partition coefficient (Wildman–Crippen LogP) is 5.75. The lowest BCUT2D eigenvalue weighted by atomic mass is 10.2. The minimum absolute atomic E-state index is 0.856. The summed E-state index contributed by atoms with van der Waals surface area (Å²) in [4.78, 5) is 15.6. The quantitative estimate of drug-likeness (QED) is 0.337. The summed E-state index contributed by atoms with van der Waals surface area (Å²) in [7, 11) is 0. The van der Waals surface area contributed by atoms with Crippen molar-refractivity contribution in [2.75, 3.05) is 11.5 Å². The summed E-state index contributed by atoms with van der Waals surface area (Å²) in [5.41, 5.74) is 2.44. The minimum Gasteiger partial charge on any atom is -0.265 e. The van der Waals surface area contributed by atoms with Crippen molar-refractivity contribution in [3.05, 3.63) is 72.4 Å². The predicted molar refractivity (Wildman–Crippen MR) is 113 cm³/mol. The van der Waals surface area contributed by atoms with Crippen LogP contribution < -0.4 is 0 Å². The first-order valence-corrected chi connectivity index (χ1v) is 11.4. The van der Waals surface area contributed by atoms with E-state index >= 15 is 0 Å². The SMILES string of the molecule is Cc1c(SCCCSc2ccncc2)ccnc1CSc1ccccn1. The van der Waals surface area contributed by atoms with Crippen LogP contribution in [-0.2, 0) is 5.75 Å². The molecule has 3 heterocycles. The topological polar surface area (TPSA) is 38.7 Å². The molecule has 3 rings (SSSR count). The van der Waals surface area contributed by atoms with Crippen molar-refractivity contribution in [3.63, 3.8) is 0 Å². The maximum Gasteiger partial charge on any atom is 0.0963 e. The normalized spacial score (nSPS) is 10.8. The first-order valence-electron chi connectivity index (χ1n) is 8.47. The van der Waals surface area contributed by atoms with Gasteiger partial charge in [-0.3, -0.25) is 9.97 Å². The standard InChI is InChI=1S/C20H21N3S3/c1-16-18(15-26-20-5-2-3-9-23-20)22-12-8-19(16)25-14-4-13-24-17-6-10-21-11-7-17/h2-3,5-12H,4,13-15H2,1H3. The number of hydrogen-bond donors (Lipinski definition) is 0. The average molecular weight is 400 g/mol. The Kier molecular flexibility index (Phi) is 7.86. The van der Waals surface area contributed by atoms with Gasteiger partial charge in [-0.15, -0.1) is 35.3 Å². The molecule has 6 heteroatoms. The van der Waals surface area contributed by atoms with Crippen molar-refractivity contribution in [1.29, 1.82) is 0 Å². The van der Waals surface area contributed by atoms with Gasteiger partial charge in [0.25, 0.3) is 0 Å². The Morgan fingerprint density at radius 1 is 0.808 bits per heavy atom. The molecule has 0 amide bonds. The van der Waals surface area contributed by atoms with Gasteiger partial charge in [0, 0.05) is 40.3 Å². The smallest absolute Gasteiger partial charge is 0.0963 e. The van der Waals surface area contributed by atoms with Gasteiger partial charge < -0.3 is 0 Å². The van der Waals surface area contributed by atoms with Gasteiger partial charge in [0.15, 0.2) is 0 Å². The summed E-state index contributed by atoms with van der Waals surface area (Å²) >= 11 is 5.55. The maximum atomic E-state index is 4.57. The van der Waals surface area contributed by atoms with Gasteiger partial charge in [-0.1, -0.05) is 6.07 Å². The van der Waals surface area contributed by atoms with E-state index in [4.69, 9.17) is 0 Å². The molecule has 0 aliphatic heterocycles. The van der Waals surface area contributed by atoms with E-state index in [1.54, 1.807) is 11.8 Å². The highest BCUT2D eigenvalue weighted by molar-refractivity contribution is 8.00. The fourth-order valence-electron chi connectivity index (χ4n) is 2.30. The van der Waals surface area contributed by atoms with E-state index in [9.17, 15) is 0 Å². The van der Waals surface area contributed by atoms with Gasteiger partial charge >= 0.3 is 0 Å². The Hall–Kier alpha value is -1.50. The monoisotopic (exact) mass is 399 g/mol. The zero-order chi connectivity index (χ0) is 18.0. The molecule has 3 nitrogen and oxygen atoms in total. The third-order valence-electron chi connectivity index (χ3n) is 3.72. The highest BCUT2D eigenvalue weighted by atomic mass is 32.2. The number of pyridine rings is 3. The fourth-order valence-corrected chi connectivity index (χ4v) is 5.21. The Morgan fingerprint density at radius 3 is 2.46 bits per heavy atom. The Bertz CT molecular complexity index is 798. The van der Waals surface area contributed by atoms with E-state index < -0.39 is 0 Å². The Morgan fingerprint density at radius 2 is 1.65 bits per heavy atom. The van der Waals surface area contributed by atoms with E-state index in [0.717, 1.165) is 28.0 Å². The van der Waals surface area contributed by atoms with Gasteiger partial charge in [0.2, 0.25) is 0 Å². The molecule has 0 fully saturated rings. The van der Waals surface area contributed by atoms with Gasteiger partial charge in [-0.25, -0.2) is 4.98 Å². The van der Waals surface area contributed by atoms with Crippen molar-refractivity contribution in [2.45, 2.75) is 33.9 Å². The number of rotatable bonds is 9. The fraction of sp³-hybridized carbons (Fsp3) is 0.250. The molecule has 0 saturated carbocycles. The molecule has 3 aromatic rings. The number of aromatic nitrogens is 3. The molecule has 0 N–H and O–H groups in total. The summed E-state index contributed by atoms with van der Waals surface area (Å²) in [5.74, 6) is 3.11.